The van der Waals surface area contributed by atoms with Gasteiger partial charge < -0.3 is 5.11 Å². The van der Waals surface area contributed by atoms with Crippen molar-refractivity contribution in [2.75, 3.05) is 0 Å². The van der Waals surface area contributed by atoms with Crippen molar-refractivity contribution in [3.8, 4) is 0 Å². The zero-order chi connectivity index (χ0) is 14.7. The third-order valence-electron chi connectivity index (χ3n) is 2.84. The van der Waals surface area contributed by atoms with Gasteiger partial charge >= 0.3 is 0 Å². The SMILES string of the molecule is C/C=C/CC/C=C/CC/C=C/CC/C=C/CC/C=C/O. The minimum atomic E-state index is 0.920. The molecule has 0 atom stereocenters. The molecule has 0 amide bonds. The fourth-order valence-corrected chi connectivity index (χ4v) is 1.72. The van der Waals surface area contributed by atoms with Crippen molar-refractivity contribution in [1.82, 2.24) is 0 Å². The van der Waals surface area contributed by atoms with Gasteiger partial charge in [0.05, 0.1) is 6.26 Å². The van der Waals surface area contributed by atoms with E-state index in [0.29, 0.717) is 0 Å². The van der Waals surface area contributed by atoms with E-state index < -0.39 is 0 Å². The Balaban J connectivity index is 3.31. The van der Waals surface area contributed by atoms with E-state index in [2.05, 4.69) is 55.5 Å². The molecule has 1 nitrogen and oxygen atoms in total. The Hall–Kier alpha value is -1.50. The van der Waals surface area contributed by atoms with Crippen LogP contribution in [0.1, 0.15) is 58.3 Å². The largest absolute Gasteiger partial charge is 0.516 e. The van der Waals surface area contributed by atoms with Crippen LogP contribution in [0.3, 0.4) is 0 Å². The number of unbranched alkanes of at least 4 members (excludes halogenated alkanes) is 4. The second-order valence-corrected chi connectivity index (χ2v) is 4.68. The van der Waals surface area contributed by atoms with Crippen LogP contribution in [-0.4, -0.2) is 5.11 Å². The maximum Gasteiger partial charge on any atom is 0.0751 e. The van der Waals surface area contributed by atoms with Gasteiger partial charge in [0.25, 0.3) is 0 Å². The number of hydrogen-bond donors (Lipinski definition) is 1. The van der Waals surface area contributed by atoms with Crippen LogP contribution in [0, 0.1) is 0 Å². The van der Waals surface area contributed by atoms with Crippen LogP contribution in [0.4, 0.5) is 0 Å². The van der Waals surface area contributed by atoms with E-state index >= 15 is 0 Å². The molecule has 0 aliphatic carbocycles. The van der Waals surface area contributed by atoms with Crippen molar-refractivity contribution in [3.05, 3.63) is 60.9 Å². The summed E-state index contributed by atoms with van der Waals surface area (Å²) in [4.78, 5) is 0. The first-order valence-corrected chi connectivity index (χ1v) is 7.77. The minimum Gasteiger partial charge on any atom is -0.516 e. The van der Waals surface area contributed by atoms with E-state index in [1.165, 1.54) is 0 Å². The molecule has 0 saturated heterocycles. The Morgan fingerprint density at radius 3 is 1.10 bits per heavy atom. The summed E-state index contributed by atoms with van der Waals surface area (Å²) in [5, 5.41) is 8.46. The molecule has 0 spiro atoms. The van der Waals surface area contributed by atoms with Crippen LogP contribution in [0.25, 0.3) is 0 Å². The first kappa shape index (κ1) is 18.5. The number of hydrogen-bond acceptors (Lipinski definition) is 1. The fraction of sp³-hybridized carbons (Fsp3) is 0.474. The molecule has 112 valence electrons. The molecule has 0 aromatic rings. The lowest BCUT2D eigenvalue weighted by atomic mass is 10.2. The summed E-state index contributed by atoms with van der Waals surface area (Å²) in [6.07, 6.45) is 29.5. The molecular weight excluding hydrogens is 244 g/mol. The minimum absolute atomic E-state index is 0.920. The van der Waals surface area contributed by atoms with E-state index in [9.17, 15) is 0 Å². The second kappa shape index (κ2) is 17.5. The molecule has 0 aliphatic heterocycles. The Morgan fingerprint density at radius 1 is 0.500 bits per heavy atom. The number of aliphatic hydroxyl groups excluding tert-OH is 1. The number of allylic oxidation sites excluding steroid dienone is 9. The van der Waals surface area contributed by atoms with Crippen molar-refractivity contribution in [1.29, 1.82) is 0 Å². The van der Waals surface area contributed by atoms with Crippen molar-refractivity contribution < 1.29 is 5.11 Å². The maximum atomic E-state index is 8.46. The normalized spacial score (nSPS) is 13.1. The predicted octanol–water partition coefficient (Wildman–Crippen LogP) is 6.42. The van der Waals surface area contributed by atoms with Gasteiger partial charge in [-0.15, -0.1) is 0 Å². The summed E-state index contributed by atoms with van der Waals surface area (Å²) in [6.45, 7) is 2.07. The van der Waals surface area contributed by atoms with Gasteiger partial charge in [0.15, 0.2) is 0 Å². The molecule has 0 radical (unpaired) electrons. The highest BCUT2D eigenvalue weighted by Gasteiger charge is 1.80. The molecule has 0 unspecified atom stereocenters. The van der Waals surface area contributed by atoms with Crippen molar-refractivity contribution in [2.24, 2.45) is 0 Å². The van der Waals surface area contributed by atoms with Crippen LogP contribution in [0.5, 0.6) is 0 Å². The van der Waals surface area contributed by atoms with Crippen molar-refractivity contribution in [2.45, 2.75) is 58.3 Å². The monoisotopic (exact) mass is 274 g/mol. The molecule has 0 aromatic carbocycles. The summed E-state index contributed by atoms with van der Waals surface area (Å²) < 4.78 is 0. The Labute approximate surface area is 125 Å². The zero-order valence-electron chi connectivity index (χ0n) is 12.9. The molecule has 0 aliphatic rings. The van der Waals surface area contributed by atoms with Gasteiger partial charge in [0.1, 0.15) is 0 Å². The van der Waals surface area contributed by atoms with E-state index in [0.717, 1.165) is 57.6 Å². The third kappa shape index (κ3) is 16.5. The molecule has 0 rings (SSSR count). The standard InChI is InChI=1S/C19H30O/c1-2-3-4-5-6-7-8-9-10-11-12-13-14-15-16-17-18-19-20/h2-3,6-7,10-11,14-15,18-20H,4-5,8-9,12-13,16-17H2,1H3/b3-2+,7-6+,11-10+,15-14+,19-18+. The van der Waals surface area contributed by atoms with Gasteiger partial charge in [-0.3, -0.25) is 0 Å². The molecule has 1 heteroatoms. The fourth-order valence-electron chi connectivity index (χ4n) is 1.72. The Morgan fingerprint density at radius 2 is 0.800 bits per heavy atom. The number of rotatable bonds is 12. The Bertz CT molecular complexity index is 287. The van der Waals surface area contributed by atoms with Gasteiger partial charge in [-0.05, 0) is 64.4 Å². The molecule has 0 aromatic heterocycles. The average Bonchev–Trinajstić information content (AvgIpc) is 2.47. The smallest absolute Gasteiger partial charge is 0.0751 e. The third-order valence-corrected chi connectivity index (χ3v) is 2.84. The Kier molecular flexibility index (Phi) is 16.2. The van der Waals surface area contributed by atoms with Crippen LogP contribution >= 0.6 is 0 Å². The topological polar surface area (TPSA) is 20.2 Å². The molecule has 0 fully saturated rings. The summed E-state index contributed by atoms with van der Waals surface area (Å²) in [5.41, 5.74) is 0. The van der Waals surface area contributed by atoms with Crippen LogP contribution in [-0.2, 0) is 0 Å². The first-order valence-electron chi connectivity index (χ1n) is 7.77. The summed E-state index contributed by atoms with van der Waals surface area (Å²) in [7, 11) is 0. The lowest BCUT2D eigenvalue weighted by Crippen LogP contribution is -1.70. The van der Waals surface area contributed by atoms with Crippen LogP contribution < -0.4 is 0 Å². The van der Waals surface area contributed by atoms with Crippen LogP contribution in [0.15, 0.2) is 60.9 Å². The summed E-state index contributed by atoms with van der Waals surface area (Å²) >= 11 is 0. The van der Waals surface area contributed by atoms with Gasteiger partial charge in [-0.2, -0.15) is 0 Å². The lowest BCUT2D eigenvalue weighted by molar-refractivity contribution is 0.471. The molecule has 0 saturated carbocycles. The predicted molar refractivity (Wildman–Crippen MR) is 90.9 cm³/mol. The zero-order valence-corrected chi connectivity index (χ0v) is 12.9. The average molecular weight is 274 g/mol. The van der Waals surface area contributed by atoms with Gasteiger partial charge in [-0.25, -0.2) is 0 Å². The van der Waals surface area contributed by atoms with E-state index in [4.69, 9.17) is 5.11 Å². The maximum absolute atomic E-state index is 8.46. The highest BCUT2D eigenvalue weighted by atomic mass is 16.2. The van der Waals surface area contributed by atoms with Crippen molar-refractivity contribution in [3.63, 3.8) is 0 Å². The lowest BCUT2D eigenvalue weighted by Gasteiger charge is -1.90. The van der Waals surface area contributed by atoms with Crippen LogP contribution in [0.2, 0.25) is 0 Å². The molecular formula is C19H30O. The molecule has 20 heavy (non-hydrogen) atoms. The highest BCUT2D eigenvalue weighted by molar-refractivity contribution is 4.92. The summed E-state index contributed by atoms with van der Waals surface area (Å²) in [5.74, 6) is 0. The second-order valence-electron chi connectivity index (χ2n) is 4.68. The first-order chi connectivity index (χ1) is 9.91. The van der Waals surface area contributed by atoms with Gasteiger partial charge in [-0.1, -0.05) is 48.6 Å². The van der Waals surface area contributed by atoms with Gasteiger partial charge in [0.2, 0.25) is 0 Å². The van der Waals surface area contributed by atoms with Crippen molar-refractivity contribution >= 4 is 0 Å². The van der Waals surface area contributed by atoms with E-state index in [1.54, 1.807) is 6.08 Å². The molecule has 1 N–H and O–H groups in total. The summed E-state index contributed by atoms with van der Waals surface area (Å²) in [6, 6.07) is 0. The highest BCUT2D eigenvalue weighted by Crippen LogP contribution is 2.01. The van der Waals surface area contributed by atoms with E-state index in [-0.39, 0.29) is 0 Å². The number of aliphatic hydroxyl groups is 1. The molecule has 0 bridgehead atoms. The quantitative estimate of drug-likeness (QED) is 0.247. The molecule has 0 heterocycles. The van der Waals surface area contributed by atoms with E-state index in [1.807, 2.05) is 0 Å². The van der Waals surface area contributed by atoms with Gasteiger partial charge in [0, 0.05) is 0 Å².